The van der Waals surface area contributed by atoms with Gasteiger partial charge in [0.1, 0.15) is 0 Å². The molecular weight excluding hydrogens is 324 g/mol. The summed E-state index contributed by atoms with van der Waals surface area (Å²) in [6.07, 6.45) is 3.84. The molecule has 0 radical (unpaired) electrons. The normalized spacial score (nSPS) is 11.2. The summed E-state index contributed by atoms with van der Waals surface area (Å²) in [5.74, 6) is 0.701. The van der Waals surface area contributed by atoms with E-state index in [-0.39, 0.29) is 0 Å². The minimum atomic E-state index is 0.470. The number of thioether (sulfide) groups is 1. The molecule has 4 nitrogen and oxygen atoms in total. The van der Waals surface area contributed by atoms with Gasteiger partial charge in [0.15, 0.2) is 5.82 Å². The van der Waals surface area contributed by atoms with Crippen molar-refractivity contribution in [1.82, 2.24) is 14.9 Å². The Hall–Kier alpha value is -2.18. The third kappa shape index (κ3) is 3.60. The molecule has 6 heteroatoms. The molecule has 1 heterocycles. The van der Waals surface area contributed by atoms with E-state index in [1.807, 2.05) is 36.4 Å². The number of aromatic nitrogens is 3. The third-order valence-electron chi connectivity index (χ3n) is 3.40. The van der Waals surface area contributed by atoms with E-state index in [1.165, 1.54) is 10.5 Å². The molecule has 3 rings (SSSR count). The number of nitrogens with zero attached hydrogens (tertiary/aromatic N) is 3. The van der Waals surface area contributed by atoms with Crippen LogP contribution in [-0.4, -0.2) is 27.3 Å². The lowest BCUT2D eigenvalue weighted by Gasteiger charge is -2.02. The first kappa shape index (κ1) is 15.7. The summed E-state index contributed by atoms with van der Waals surface area (Å²) in [7, 11) is 0. The SMILES string of the molecule is CSc1ccc(C=Nn2c(-c3ccc(C)cc3)n[nH]c2=S)cc1. The van der Waals surface area contributed by atoms with E-state index in [9.17, 15) is 0 Å². The van der Waals surface area contributed by atoms with Crippen LogP contribution in [0.15, 0.2) is 58.5 Å². The monoisotopic (exact) mass is 340 g/mol. The van der Waals surface area contributed by atoms with E-state index in [4.69, 9.17) is 12.2 Å². The lowest BCUT2D eigenvalue weighted by molar-refractivity contribution is 0.871. The summed E-state index contributed by atoms with van der Waals surface area (Å²) >= 11 is 7.00. The summed E-state index contributed by atoms with van der Waals surface area (Å²) in [6.45, 7) is 2.05. The van der Waals surface area contributed by atoms with Crippen LogP contribution in [0.25, 0.3) is 11.4 Å². The van der Waals surface area contributed by atoms with Gasteiger partial charge in [0.05, 0.1) is 6.21 Å². The van der Waals surface area contributed by atoms with Crippen LogP contribution in [0.4, 0.5) is 0 Å². The summed E-state index contributed by atoms with van der Waals surface area (Å²) in [5.41, 5.74) is 3.19. The van der Waals surface area contributed by atoms with Crippen molar-refractivity contribution in [1.29, 1.82) is 0 Å². The molecule has 0 spiro atoms. The summed E-state index contributed by atoms with van der Waals surface area (Å²) < 4.78 is 2.11. The maximum Gasteiger partial charge on any atom is 0.216 e. The lowest BCUT2D eigenvalue weighted by Crippen LogP contribution is -1.95. The Balaban J connectivity index is 1.93. The second kappa shape index (κ2) is 6.93. The van der Waals surface area contributed by atoms with Crippen molar-refractivity contribution in [3.05, 3.63) is 64.4 Å². The minimum Gasteiger partial charge on any atom is -0.250 e. The fourth-order valence-electron chi connectivity index (χ4n) is 2.10. The smallest absolute Gasteiger partial charge is 0.216 e. The van der Waals surface area contributed by atoms with E-state index in [0.717, 1.165) is 11.1 Å². The molecule has 0 atom stereocenters. The largest absolute Gasteiger partial charge is 0.250 e. The molecule has 0 bridgehead atoms. The fourth-order valence-corrected chi connectivity index (χ4v) is 2.69. The van der Waals surface area contributed by atoms with Crippen molar-refractivity contribution in [2.75, 3.05) is 6.26 Å². The molecule has 1 N–H and O–H groups in total. The highest BCUT2D eigenvalue weighted by molar-refractivity contribution is 7.98. The van der Waals surface area contributed by atoms with Crippen LogP contribution in [0.3, 0.4) is 0 Å². The maximum atomic E-state index is 5.28. The zero-order chi connectivity index (χ0) is 16.2. The van der Waals surface area contributed by atoms with Crippen LogP contribution < -0.4 is 0 Å². The zero-order valence-electron chi connectivity index (χ0n) is 12.9. The van der Waals surface area contributed by atoms with Gasteiger partial charge in [-0.25, -0.2) is 5.10 Å². The van der Waals surface area contributed by atoms with Gasteiger partial charge in [-0.1, -0.05) is 42.0 Å². The van der Waals surface area contributed by atoms with E-state index in [1.54, 1.807) is 22.7 Å². The highest BCUT2D eigenvalue weighted by Gasteiger charge is 2.07. The van der Waals surface area contributed by atoms with E-state index >= 15 is 0 Å². The average Bonchev–Trinajstić information content (AvgIpc) is 2.95. The Kier molecular flexibility index (Phi) is 4.73. The van der Waals surface area contributed by atoms with Crippen molar-refractivity contribution in [2.45, 2.75) is 11.8 Å². The molecule has 0 fully saturated rings. The number of aryl methyl sites for hydroxylation is 1. The second-order valence-corrected chi connectivity index (χ2v) is 6.31. The van der Waals surface area contributed by atoms with Gasteiger partial charge in [0.2, 0.25) is 4.77 Å². The molecule has 23 heavy (non-hydrogen) atoms. The van der Waals surface area contributed by atoms with Gasteiger partial charge < -0.3 is 0 Å². The quantitative estimate of drug-likeness (QED) is 0.431. The molecular formula is C17H16N4S2. The molecule has 2 aromatic carbocycles. The molecule has 0 aliphatic carbocycles. The Morgan fingerprint density at radius 2 is 1.83 bits per heavy atom. The van der Waals surface area contributed by atoms with Crippen LogP contribution in [0.5, 0.6) is 0 Å². The summed E-state index contributed by atoms with van der Waals surface area (Å²) in [5, 5.41) is 11.6. The number of benzene rings is 2. The second-order valence-electron chi connectivity index (χ2n) is 5.05. The van der Waals surface area contributed by atoms with E-state index in [2.05, 4.69) is 40.6 Å². The van der Waals surface area contributed by atoms with Crippen molar-refractivity contribution in [3.8, 4) is 11.4 Å². The minimum absolute atomic E-state index is 0.470. The van der Waals surface area contributed by atoms with Crippen LogP contribution in [0, 0.1) is 11.7 Å². The van der Waals surface area contributed by atoms with Gasteiger partial charge in [-0.3, -0.25) is 0 Å². The lowest BCUT2D eigenvalue weighted by atomic mass is 10.1. The standard InChI is InChI=1S/C17H16N4S2/c1-12-3-7-14(8-4-12)16-19-20-17(22)21(16)18-11-13-5-9-15(23-2)10-6-13/h3-11H,1-2H3,(H,20,22). The molecule has 0 unspecified atom stereocenters. The number of nitrogens with one attached hydrogen (secondary N) is 1. The Morgan fingerprint density at radius 3 is 2.48 bits per heavy atom. The third-order valence-corrected chi connectivity index (χ3v) is 4.41. The highest BCUT2D eigenvalue weighted by Crippen LogP contribution is 2.18. The van der Waals surface area contributed by atoms with Gasteiger partial charge >= 0.3 is 0 Å². The molecule has 116 valence electrons. The summed E-state index contributed by atoms with van der Waals surface area (Å²) in [6, 6.07) is 16.3. The number of rotatable bonds is 4. The van der Waals surface area contributed by atoms with Gasteiger partial charge in [-0.15, -0.1) is 11.8 Å². The molecule has 0 aliphatic heterocycles. The van der Waals surface area contributed by atoms with Crippen molar-refractivity contribution in [2.24, 2.45) is 5.10 Å². The fraction of sp³-hybridized carbons (Fsp3) is 0.118. The Morgan fingerprint density at radius 1 is 1.13 bits per heavy atom. The topological polar surface area (TPSA) is 46.0 Å². The number of hydrogen-bond acceptors (Lipinski definition) is 4. The van der Waals surface area contributed by atoms with Gasteiger partial charge in [-0.2, -0.15) is 14.9 Å². The van der Waals surface area contributed by atoms with Crippen LogP contribution in [-0.2, 0) is 0 Å². The molecule has 0 saturated carbocycles. The first-order valence-corrected chi connectivity index (χ1v) is 8.73. The van der Waals surface area contributed by atoms with Crippen molar-refractivity contribution < 1.29 is 0 Å². The van der Waals surface area contributed by atoms with Crippen LogP contribution in [0.2, 0.25) is 0 Å². The molecule has 3 aromatic rings. The first-order chi connectivity index (χ1) is 11.2. The molecule has 0 amide bonds. The number of hydrogen-bond donors (Lipinski definition) is 1. The van der Waals surface area contributed by atoms with Gasteiger partial charge in [0.25, 0.3) is 0 Å². The average molecular weight is 340 g/mol. The molecule has 0 aliphatic rings. The Labute approximate surface area is 144 Å². The van der Waals surface area contributed by atoms with Crippen LogP contribution in [0.1, 0.15) is 11.1 Å². The van der Waals surface area contributed by atoms with E-state index in [0.29, 0.717) is 10.6 Å². The first-order valence-electron chi connectivity index (χ1n) is 7.10. The number of H-pyrrole nitrogens is 1. The van der Waals surface area contributed by atoms with Crippen LogP contribution >= 0.6 is 24.0 Å². The zero-order valence-corrected chi connectivity index (χ0v) is 14.5. The van der Waals surface area contributed by atoms with Crippen molar-refractivity contribution >= 4 is 30.2 Å². The predicted molar refractivity (Wildman–Crippen MR) is 98.8 cm³/mol. The van der Waals surface area contributed by atoms with Crippen molar-refractivity contribution in [3.63, 3.8) is 0 Å². The maximum absolute atomic E-state index is 5.28. The summed E-state index contributed by atoms with van der Waals surface area (Å²) in [4.78, 5) is 1.22. The molecule has 1 aromatic heterocycles. The van der Waals surface area contributed by atoms with Gasteiger partial charge in [0, 0.05) is 10.5 Å². The number of aromatic amines is 1. The van der Waals surface area contributed by atoms with E-state index < -0.39 is 0 Å². The highest BCUT2D eigenvalue weighted by atomic mass is 32.2. The predicted octanol–water partition coefficient (Wildman–Crippen LogP) is 4.52. The molecule has 0 saturated heterocycles. The Bertz CT molecular complexity index is 874. The van der Waals surface area contributed by atoms with Gasteiger partial charge in [-0.05, 0) is 43.1 Å².